The Morgan fingerprint density at radius 2 is 2.00 bits per heavy atom. The number of carbonyl (C=O) groups is 1. The molecule has 0 bridgehead atoms. The normalized spacial score (nSPS) is 11.0. The van der Waals surface area contributed by atoms with E-state index in [-0.39, 0.29) is 15.6 Å². The molecule has 1 aromatic rings. The lowest BCUT2D eigenvalue weighted by Crippen LogP contribution is -2.37. The third-order valence-corrected chi connectivity index (χ3v) is 3.84. The second kappa shape index (κ2) is 4.80. The fourth-order valence-electron chi connectivity index (χ4n) is 1.19. The number of nitrogen functional groups attached to an aromatic ring is 1. The monoisotopic (exact) mass is 277 g/mol. The van der Waals surface area contributed by atoms with Gasteiger partial charge in [0.2, 0.25) is 0 Å². The Labute approximate surface area is 104 Å². The molecule has 0 atom stereocenters. The highest BCUT2D eigenvalue weighted by atomic mass is 35.5. The zero-order valence-corrected chi connectivity index (χ0v) is 10.8. The number of nitrogens with one attached hydrogen (secondary N) is 2. The smallest absolute Gasteiger partial charge is 0.328 e. The first-order chi connectivity index (χ1) is 7.77. The molecule has 17 heavy (non-hydrogen) atoms. The minimum atomic E-state index is -3.94. The van der Waals surface area contributed by atoms with Crippen molar-refractivity contribution in [2.75, 3.05) is 12.8 Å². The Bertz CT molecular complexity index is 557. The molecule has 0 saturated heterocycles. The number of sulfonamides is 1. The molecule has 0 radical (unpaired) electrons. The predicted octanol–water partition coefficient (Wildman–Crippen LogP) is 0.848. The number of halogens is 1. The van der Waals surface area contributed by atoms with Gasteiger partial charge in [-0.05, 0) is 24.6 Å². The van der Waals surface area contributed by atoms with Gasteiger partial charge in [-0.1, -0.05) is 11.6 Å². The summed E-state index contributed by atoms with van der Waals surface area (Å²) in [6.45, 7) is 1.56. The van der Waals surface area contributed by atoms with E-state index in [1.165, 1.54) is 19.2 Å². The highest BCUT2D eigenvalue weighted by Gasteiger charge is 2.20. The number of benzene rings is 1. The number of rotatable bonds is 2. The first-order valence-corrected chi connectivity index (χ1v) is 6.44. The number of aryl methyl sites for hydroxylation is 1. The van der Waals surface area contributed by atoms with Gasteiger partial charge in [-0.25, -0.2) is 17.9 Å². The molecule has 0 aliphatic rings. The topological polar surface area (TPSA) is 101 Å². The Morgan fingerprint density at radius 1 is 1.41 bits per heavy atom. The maximum Gasteiger partial charge on any atom is 0.328 e. The summed E-state index contributed by atoms with van der Waals surface area (Å²) in [5, 5.41) is 2.41. The molecule has 0 aromatic heterocycles. The van der Waals surface area contributed by atoms with Crippen LogP contribution in [0.3, 0.4) is 0 Å². The lowest BCUT2D eigenvalue weighted by atomic mass is 10.2. The molecule has 0 saturated carbocycles. The third-order valence-electron chi connectivity index (χ3n) is 2.04. The number of urea groups is 1. The van der Waals surface area contributed by atoms with Crippen molar-refractivity contribution in [2.24, 2.45) is 0 Å². The van der Waals surface area contributed by atoms with E-state index in [4.69, 9.17) is 17.3 Å². The number of anilines is 1. The molecule has 0 fully saturated rings. The van der Waals surface area contributed by atoms with Crippen LogP contribution in [-0.4, -0.2) is 21.5 Å². The second-order valence-corrected chi connectivity index (χ2v) is 5.38. The van der Waals surface area contributed by atoms with E-state index in [1.807, 2.05) is 4.72 Å². The first kappa shape index (κ1) is 13.6. The Morgan fingerprint density at radius 3 is 2.53 bits per heavy atom. The largest absolute Gasteiger partial charge is 0.397 e. The number of hydrogen-bond acceptors (Lipinski definition) is 4. The summed E-state index contributed by atoms with van der Waals surface area (Å²) in [5.41, 5.74) is 6.06. The summed E-state index contributed by atoms with van der Waals surface area (Å²) >= 11 is 5.75. The molecule has 2 amide bonds. The maximum absolute atomic E-state index is 11.8. The van der Waals surface area contributed by atoms with Crippen molar-refractivity contribution >= 4 is 33.3 Å². The fraction of sp³-hybridized carbons (Fsp3) is 0.222. The fourth-order valence-corrected chi connectivity index (χ4v) is 2.63. The van der Waals surface area contributed by atoms with Gasteiger partial charge in [0.15, 0.2) is 0 Å². The summed E-state index contributed by atoms with van der Waals surface area (Å²) < 4.78 is 25.5. The molecule has 1 aromatic carbocycles. The van der Waals surface area contributed by atoms with Crippen LogP contribution in [0.15, 0.2) is 17.0 Å². The van der Waals surface area contributed by atoms with Crippen LogP contribution < -0.4 is 15.8 Å². The van der Waals surface area contributed by atoms with Crippen LogP contribution in [-0.2, 0) is 10.0 Å². The van der Waals surface area contributed by atoms with E-state index in [2.05, 4.69) is 5.32 Å². The molecule has 94 valence electrons. The molecule has 4 N–H and O–H groups in total. The van der Waals surface area contributed by atoms with E-state index in [9.17, 15) is 13.2 Å². The molecule has 0 spiro atoms. The van der Waals surface area contributed by atoms with Crippen molar-refractivity contribution in [1.82, 2.24) is 10.0 Å². The standard InChI is InChI=1S/C9H12ClN3O3S/c1-5-3-6(10)7(11)4-8(5)17(15,16)13-9(14)12-2/h3-4H,11H2,1-2H3,(H2,12,13,14). The van der Waals surface area contributed by atoms with Crippen molar-refractivity contribution in [3.05, 3.63) is 22.7 Å². The highest BCUT2D eigenvalue weighted by Crippen LogP contribution is 2.25. The minimum absolute atomic E-state index is 0.0806. The molecule has 0 heterocycles. The SMILES string of the molecule is CNC(=O)NS(=O)(=O)c1cc(N)c(Cl)cc1C. The van der Waals surface area contributed by atoms with Crippen molar-refractivity contribution in [1.29, 1.82) is 0 Å². The van der Waals surface area contributed by atoms with E-state index in [0.717, 1.165) is 0 Å². The molecule has 0 aliphatic carbocycles. The van der Waals surface area contributed by atoms with E-state index in [0.29, 0.717) is 5.56 Å². The molecular weight excluding hydrogens is 266 g/mol. The summed E-state index contributed by atoms with van der Waals surface area (Å²) in [6, 6.07) is 1.82. The van der Waals surface area contributed by atoms with E-state index >= 15 is 0 Å². The molecule has 1 rings (SSSR count). The van der Waals surface area contributed by atoms with E-state index in [1.54, 1.807) is 6.92 Å². The highest BCUT2D eigenvalue weighted by molar-refractivity contribution is 7.90. The number of carbonyl (C=O) groups excluding carboxylic acids is 1. The predicted molar refractivity (Wildman–Crippen MR) is 65.4 cm³/mol. The lowest BCUT2D eigenvalue weighted by molar-refractivity contribution is 0.248. The summed E-state index contributed by atoms with van der Waals surface area (Å²) in [6.07, 6.45) is 0. The Kier molecular flexibility index (Phi) is 3.84. The van der Waals surface area contributed by atoms with Crippen LogP contribution in [0.2, 0.25) is 5.02 Å². The third kappa shape index (κ3) is 3.01. The lowest BCUT2D eigenvalue weighted by Gasteiger charge is -2.10. The molecule has 6 nitrogen and oxygen atoms in total. The van der Waals surface area contributed by atoms with Gasteiger partial charge in [0.1, 0.15) is 0 Å². The average Bonchev–Trinajstić information content (AvgIpc) is 2.22. The van der Waals surface area contributed by atoms with Gasteiger partial charge in [0, 0.05) is 7.05 Å². The Balaban J connectivity index is 3.25. The van der Waals surface area contributed by atoms with Gasteiger partial charge in [-0.2, -0.15) is 0 Å². The zero-order chi connectivity index (χ0) is 13.2. The molecule has 8 heteroatoms. The minimum Gasteiger partial charge on any atom is -0.397 e. The van der Waals surface area contributed by atoms with Gasteiger partial charge < -0.3 is 11.1 Å². The number of nitrogens with two attached hydrogens (primary N) is 1. The van der Waals surface area contributed by atoms with Crippen LogP contribution in [0.1, 0.15) is 5.56 Å². The maximum atomic E-state index is 11.8. The van der Waals surface area contributed by atoms with Crippen molar-refractivity contribution in [2.45, 2.75) is 11.8 Å². The second-order valence-electron chi connectivity index (χ2n) is 3.32. The first-order valence-electron chi connectivity index (χ1n) is 4.58. The van der Waals surface area contributed by atoms with E-state index < -0.39 is 16.1 Å². The number of amides is 2. The van der Waals surface area contributed by atoms with Crippen LogP contribution in [0, 0.1) is 6.92 Å². The molecule has 0 aliphatic heterocycles. The van der Waals surface area contributed by atoms with Crippen LogP contribution in [0.4, 0.5) is 10.5 Å². The quantitative estimate of drug-likeness (QED) is 0.698. The van der Waals surface area contributed by atoms with Gasteiger partial charge in [0.05, 0.1) is 15.6 Å². The summed E-state index contributed by atoms with van der Waals surface area (Å²) in [4.78, 5) is 10.9. The average molecular weight is 278 g/mol. The summed E-state index contributed by atoms with van der Waals surface area (Å²) in [5.74, 6) is 0. The van der Waals surface area contributed by atoms with Crippen LogP contribution in [0.5, 0.6) is 0 Å². The van der Waals surface area contributed by atoms with Crippen LogP contribution in [0.25, 0.3) is 0 Å². The number of hydrogen-bond donors (Lipinski definition) is 3. The molecule has 0 unspecified atom stereocenters. The zero-order valence-electron chi connectivity index (χ0n) is 9.24. The van der Waals surface area contributed by atoms with Crippen LogP contribution >= 0.6 is 11.6 Å². The van der Waals surface area contributed by atoms with Gasteiger partial charge >= 0.3 is 6.03 Å². The van der Waals surface area contributed by atoms with Crippen molar-refractivity contribution in [3.8, 4) is 0 Å². The van der Waals surface area contributed by atoms with Gasteiger partial charge in [-0.3, -0.25) is 0 Å². The van der Waals surface area contributed by atoms with Crippen molar-refractivity contribution < 1.29 is 13.2 Å². The van der Waals surface area contributed by atoms with Gasteiger partial charge in [0.25, 0.3) is 10.0 Å². The Hall–Kier alpha value is -1.47. The molecular formula is C9H12ClN3O3S. The van der Waals surface area contributed by atoms with Gasteiger partial charge in [-0.15, -0.1) is 0 Å². The van der Waals surface area contributed by atoms with Crippen molar-refractivity contribution in [3.63, 3.8) is 0 Å². The summed E-state index contributed by atoms with van der Waals surface area (Å²) in [7, 11) is -2.63.